The Bertz CT molecular complexity index is 322. The lowest BCUT2D eigenvalue weighted by Gasteiger charge is -2.17. The molecule has 2 rings (SSSR count). The van der Waals surface area contributed by atoms with Gasteiger partial charge in [-0.25, -0.2) is 9.67 Å². The fraction of sp³-hybridized carbons (Fsp3) is 0.818. The van der Waals surface area contributed by atoms with E-state index in [0.29, 0.717) is 5.92 Å². The molecule has 0 saturated heterocycles. The highest BCUT2D eigenvalue weighted by Crippen LogP contribution is 2.24. The quantitative estimate of drug-likeness (QED) is 0.709. The SMILES string of the molecule is COCCCc1nc2n(n1)CCCC2C. The van der Waals surface area contributed by atoms with Gasteiger partial charge in [-0.15, -0.1) is 0 Å². The van der Waals surface area contributed by atoms with Gasteiger partial charge in [-0.1, -0.05) is 6.92 Å². The van der Waals surface area contributed by atoms with Crippen molar-refractivity contribution < 1.29 is 4.74 Å². The summed E-state index contributed by atoms with van der Waals surface area (Å²) in [6.07, 6.45) is 4.42. The molecule has 1 aliphatic rings. The predicted molar refractivity (Wildman–Crippen MR) is 57.9 cm³/mol. The number of aromatic nitrogens is 3. The van der Waals surface area contributed by atoms with E-state index in [1.807, 2.05) is 0 Å². The molecule has 0 bridgehead atoms. The maximum absolute atomic E-state index is 5.02. The number of ether oxygens (including phenoxy) is 1. The van der Waals surface area contributed by atoms with Crippen LogP contribution in [-0.2, 0) is 17.7 Å². The summed E-state index contributed by atoms with van der Waals surface area (Å²) >= 11 is 0. The van der Waals surface area contributed by atoms with Crippen LogP contribution in [0.1, 0.15) is 43.8 Å². The Hall–Kier alpha value is -0.900. The van der Waals surface area contributed by atoms with Gasteiger partial charge in [0.25, 0.3) is 0 Å². The topological polar surface area (TPSA) is 39.9 Å². The molecule has 0 N–H and O–H groups in total. The molecule has 84 valence electrons. The van der Waals surface area contributed by atoms with Crippen LogP contribution in [0.25, 0.3) is 0 Å². The summed E-state index contributed by atoms with van der Waals surface area (Å²) in [6, 6.07) is 0. The van der Waals surface area contributed by atoms with Crippen LogP contribution < -0.4 is 0 Å². The monoisotopic (exact) mass is 209 g/mol. The van der Waals surface area contributed by atoms with E-state index in [1.165, 1.54) is 18.7 Å². The summed E-state index contributed by atoms with van der Waals surface area (Å²) in [7, 11) is 1.73. The first kappa shape index (κ1) is 10.6. The summed E-state index contributed by atoms with van der Waals surface area (Å²) in [4.78, 5) is 4.60. The smallest absolute Gasteiger partial charge is 0.151 e. The van der Waals surface area contributed by atoms with Crippen LogP contribution in [0.4, 0.5) is 0 Å². The molecule has 0 amide bonds. The molecule has 1 unspecified atom stereocenters. The van der Waals surface area contributed by atoms with Crippen molar-refractivity contribution in [3.8, 4) is 0 Å². The van der Waals surface area contributed by atoms with Crippen LogP contribution in [0.2, 0.25) is 0 Å². The highest BCUT2D eigenvalue weighted by molar-refractivity contribution is 5.01. The van der Waals surface area contributed by atoms with Gasteiger partial charge in [0.1, 0.15) is 5.82 Å². The first-order chi connectivity index (χ1) is 7.31. The van der Waals surface area contributed by atoms with Gasteiger partial charge in [0.15, 0.2) is 5.82 Å². The zero-order valence-electron chi connectivity index (χ0n) is 9.57. The van der Waals surface area contributed by atoms with Crippen LogP contribution in [0, 0.1) is 0 Å². The number of rotatable bonds is 4. The maximum atomic E-state index is 5.02. The molecule has 0 radical (unpaired) electrons. The standard InChI is InChI=1S/C11H19N3O/c1-9-5-3-7-14-11(9)12-10(13-14)6-4-8-15-2/h9H,3-8H2,1-2H3. The molecule has 0 saturated carbocycles. The molecular weight excluding hydrogens is 190 g/mol. The van der Waals surface area contributed by atoms with Crippen molar-refractivity contribution in [2.45, 2.75) is 45.1 Å². The van der Waals surface area contributed by atoms with Gasteiger partial charge < -0.3 is 4.74 Å². The van der Waals surface area contributed by atoms with Gasteiger partial charge in [0, 0.05) is 32.6 Å². The molecule has 0 fully saturated rings. The molecule has 15 heavy (non-hydrogen) atoms. The summed E-state index contributed by atoms with van der Waals surface area (Å²) in [5.74, 6) is 2.73. The summed E-state index contributed by atoms with van der Waals surface area (Å²) in [5.41, 5.74) is 0. The Kier molecular flexibility index (Phi) is 3.36. The highest BCUT2D eigenvalue weighted by atomic mass is 16.5. The van der Waals surface area contributed by atoms with Crippen LogP contribution >= 0.6 is 0 Å². The van der Waals surface area contributed by atoms with Crippen LogP contribution in [-0.4, -0.2) is 28.5 Å². The summed E-state index contributed by atoms with van der Waals surface area (Å²) in [6.45, 7) is 4.06. The second kappa shape index (κ2) is 4.75. The average molecular weight is 209 g/mol. The van der Waals surface area contributed by atoms with Gasteiger partial charge in [0.2, 0.25) is 0 Å². The molecule has 1 aromatic heterocycles. The molecule has 0 aromatic carbocycles. The second-order valence-electron chi connectivity index (χ2n) is 4.25. The lowest BCUT2D eigenvalue weighted by atomic mass is 10.0. The molecular formula is C11H19N3O. The van der Waals surface area contributed by atoms with Gasteiger partial charge in [0.05, 0.1) is 0 Å². The minimum Gasteiger partial charge on any atom is -0.385 e. The Morgan fingerprint density at radius 1 is 1.53 bits per heavy atom. The van der Waals surface area contributed by atoms with E-state index in [1.54, 1.807) is 7.11 Å². The Morgan fingerprint density at radius 3 is 3.13 bits per heavy atom. The van der Waals surface area contributed by atoms with Gasteiger partial charge in [-0.3, -0.25) is 0 Å². The molecule has 0 aliphatic carbocycles. The van der Waals surface area contributed by atoms with Gasteiger partial charge >= 0.3 is 0 Å². The average Bonchev–Trinajstić information content (AvgIpc) is 2.63. The largest absolute Gasteiger partial charge is 0.385 e. The fourth-order valence-corrected chi connectivity index (χ4v) is 2.09. The van der Waals surface area contributed by atoms with E-state index in [4.69, 9.17) is 4.74 Å². The first-order valence-electron chi connectivity index (χ1n) is 5.74. The van der Waals surface area contributed by atoms with Crippen molar-refractivity contribution in [1.82, 2.24) is 14.8 Å². The number of nitrogens with zero attached hydrogens (tertiary/aromatic N) is 3. The third-order valence-electron chi connectivity index (χ3n) is 2.94. The van der Waals surface area contributed by atoms with Gasteiger partial charge in [-0.05, 0) is 19.3 Å². The summed E-state index contributed by atoms with van der Waals surface area (Å²) in [5, 5.41) is 4.52. The molecule has 4 nitrogen and oxygen atoms in total. The summed E-state index contributed by atoms with van der Waals surface area (Å²) < 4.78 is 7.10. The minimum absolute atomic E-state index is 0.572. The number of fused-ring (bicyclic) bond motifs is 1. The minimum atomic E-state index is 0.572. The van der Waals surface area contributed by atoms with E-state index in [0.717, 1.165) is 31.8 Å². The van der Waals surface area contributed by atoms with E-state index >= 15 is 0 Å². The lowest BCUT2D eigenvalue weighted by Crippen LogP contribution is -2.14. The third kappa shape index (κ3) is 2.37. The van der Waals surface area contributed by atoms with E-state index < -0.39 is 0 Å². The number of methoxy groups -OCH3 is 1. The molecule has 1 aliphatic heterocycles. The molecule has 4 heteroatoms. The van der Waals surface area contributed by atoms with Gasteiger partial charge in [-0.2, -0.15) is 5.10 Å². The zero-order chi connectivity index (χ0) is 10.7. The van der Waals surface area contributed by atoms with Crippen molar-refractivity contribution in [2.24, 2.45) is 0 Å². The number of hydrogen-bond donors (Lipinski definition) is 0. The van der Waals surface area contributed by atoms with Crippen molar-refractivity contribution in [3.63, 3.8) is 0 Å². The van der Waals surface area contributed by atoms with E-state index in [-0.39, 0.29) is 0 Å². The molecule has 0 spiro atoms. The maximum Gasteiger partial charge on any atom is 0.151 e. The molecule has 1 atom stereocenters. The highest BCUT2D eigenvalue weighted by Gasteiger charge is 2.19. The second-order valence-corrected chi connectivity index (χ2v) is 4.25. The Balaban J connectivity index is 2.01. The molecule has 2 heterocycles. The first-order valence-corrected chi connectivity index (χ1v) is 5.74. The lowest BCUT2D eigenvalue weighted by molar-refractivity contribution is 0.194. The molecule has 1 aromatic rings. The fourth-order valence-electron chi connectivity index (χ4n) is 2.09. The predicted octanol–water partition coefficient (Wildman–Crippen LogP) is 1.75. The van der Waals surface area contributed by atoms with E-state index in [9.17, 15) is 0 Å². The Morgan fingerprint density at radius 2 is 2.40 bits per heavy atom. The number of hydrogen-bond acceptors (Lipinski definition) is 3. The normalized spacial score (nSPS) is 20.3. The van der Waals surface area contributed by atoms with Crippen molar-refractivity contribution in [3.05, 3.63) is 11.6 Å². The number of aryl methyl sites for hydroxylation is 2. The van der Waals surface area contributed by atoms with E-state index in [2.05, 4.69) is 21.7 Å². The Labute approximate surface area is 90.7 Å². The van der Waals surface area contributed by atoms with Crippen LogP contribution in [0.5, 0.6) is 0 Å². The van der Waals surface area contributed by atoms with Crippen molar-refractivity contribution in [1.29, 1.82) is 0 Å². The zero-order valence-corrected chi connectivity index (χ0v) is 9.57. The van der Waals surface area contributed by atoms with Crippen molar-refractivity contribution >= 4 is 0 Å². The van der Waals surface area contributed by atoms with Crippen molar-refractivity contribution in [2.75, 3.05) is 13.7 Å². The third-order valence-corrected chi connectivity index (χ3v) is 2.94. The van der Waals surface area contributed by atoms with Crippen LogP contribution in [0.3, 0.4) is 0 Å². The van der Waals surface area contributed by atoms with Crippen LogP contribution in [0.15, 0.2) is 0 Å².